The number of halogens is 2. The molecule has 0 unspecified atom stereocenters. The molecule has 0 aromatic heterocycles. The summed E-state index contributed by atoms with van der Waals surface area (Å²) >= 11 is 0. The third-order valence-corrected chi connectivity index (χ3v) is 4.57. The lowest BCUT2D eigenvalue weighted by Crippen LogP contribution is -2.45. The van der Waals surface area contributed by atoms with Crippen LogP contribution in [-0.4, -0.2) is 42.5 Å². The largest absolute Gasteiger partial charge is 0.353 e. The highest BCUT2D eigenvalue weighted by Crippen LogP contribution is 2.26. The zero-order valence-corrected chi connectivity index (χ0v) is 14.0. The third kappa shape index (κ3) is 5.76. The number of rotatable bonds is 4. The van der Waals surface area contributed by atoms with Crippen LogP contribution in [0.1, 0.15) is 45.4 Å². The van der Waals surface area contributed by atoms with Gasteiger partial charge in [0.25, 0.3) is 0 Å². The Morgan fingerprint density at radius 2 is 1.85 bits per heavy atom. The molecule has 2 rings (SSSR count). The number of carbonyl (C=O) groups excluding carboxylic acids is 1. The van der Waals surface area contributed by atoms with E-state index in [9.17, 15) is 4.79 Å². The summed E-state index contributed by atoms with van der Waals surface area (Å²) in [6.45, 7) is 5.55. The summed E-state index contributed by atoms with van der Waals surface area (Å²) in [4.78, 5) is 14.4. The average molecular weight is 326 g/mol. The Morgan fingerprint density at radius 3 is 2.35 bits per heavy atom. The van der Waals surface area contributed by atoms with Gasteiger partial charge in [-0.3, -0.25) is 4.79 Å². The van der Waals surface area contributed by atoms with E-state index in [1.54, 1.807) is 0 Å². The molecule has 1 heterocycles. The summed E-state index contributed by atoms with van der Waals surface area (Å²) in [5.41, 5.74) is 6.01. The highest BCUT2D eigenvalue weighted by atomic mass is 35.5. The second-order valence-corrected chi connectivity index (χ2v) is 5.84. The molecule has 1 saturated carbocycles. The van der Waals surface area contributed by atoms with Crippen molar-refractivity contribution < 1.29 is 4.79 Å². The molecule has 20 heavy (non-hydrogen) atoms. The fraction of sp³-hybridized carbons (Fsp3) is 0.929. The van der Waals surface area contributed by atoms with Crippen molar-refractivity contribution >= 4 is 30.7 Å². The summed E-state index contributed by atoms with van der Waals surface area (Å²) in [5, 5.41) is 3.19. The van der Waals surface area contributed by atoms with Gasteiger partial charge in [0.05, 0.1) is 0 Å². The van der Waals surface area contributed by atoms with Crippen molar-refractivity contribution in [3.05, 3.63) is 0 Å². The lowest BCUT2D eigenvalue weighted by atomic mass is 9.98. The minimum atomic E-state index is 0. The molecule has 0 radical (unpaired) electrons. The van der Waals surface area contributed by atoms with Gasteiger partial charge in [0.1, 0.15) is 0 Å². The highest BCUT2D eigenvalue weighted by Gasteiger charge is 2.27. The molecule has 2 aliphatic rings. The normalized spacial score (nSPS) is 27.5. The Kier molecular flexibility index (Phi) is 9.81. The molecule has 2 fully saturated rings. The van der Waals surface area contributed by atoms with Crippen LogP contribution in [0.4, 0.5) is 0 Å². The van der Waals surface area contributed by atoms with Gasteiger partial charge < -0.3 is 16.0 Å². The van der Waals surface area contributed by atoms with Gasteiger partial charge in [-0.05, 0) is 38.1 Å². The van der Waals surface area contributed by atoms with Crippen LogP contribution >= 0.6 is 24.8 Å². The van der Waals surface area contributed by atoms with Crippen molar-refractivity contribution in [1.82, 2.24) is 10.2 Å². The number of nitrogens with two attached hydrogens (primary N) is 1. The van der Waals surface area contributed by atoms with E-state index in [-0.39, 0.29) is 36.8 Å². The van der Waals surface area contributed by atoms with Crippen LogP contribution in [0.2, 0.25) is 0 Å². The van der Waals surface area contributed by atoms with Crippen LogP contribution in [0.3, 0.4) is 0 Å². The quantitative estimate of drug-likeness (QED) is 0.830. The number of amides is 1. The molecular formula is C14H29Cl2N3O. The second-order valence-electron chi connectivity index (χ2n) is 5.84. The van der Waals surface area contributed by atoms with E-state index in [4.69, 9.17) is 5.73 Å². The predicted molar refractivity (Wildman–Crippen MR) is 87.7 cm³/mol. The summed E-state index contributed by atoms with van der Waals surface area (Å²) in [6.07, 6.45) is 6.23. The summed E-state index contributed by atoms with van der Waals surface area (Å²) in [6, 6.07) is 0.635. The maximum Gasteiger partial charge on any atom is 0.220 e. The van der Waals surface area contributed by atoms with Crippen LogP contribution in [0.5, 0.6) is 0 Å². The first-order chi connectivity index (χ1) is 8.69. The van der Waals surface area contributed by atoms with Gasteiger partial charge >= 0.3 is 0 Å². The van der Waals surface area contributed by atoms with Crippen LogP contribution in [0.25, 0.3) is 0 Å². The molecular weight excluding hydrogens is 297 g/mol. The van der Waals surface area contributed by atoms with Crippen molar-refractivity contribution in [3.63, 3.8) is 0 Å². The molecule has 3 N–H and O–H groups in total. The Bertz CT molecular complexity index is 284. The molecule has 1 aliphatic carbocycles. The average Bonchev–Trinajstić information content (AvgIpc) is 2.76. The van der Waals surface area contributed by atoms with Crippen molar-refractivity contribution in [2.45, 2.75) is 57.5 Å². The molecule has 0 bridgehead atoms. The molecule has 0 aromatic rings. The van der Waals surface area contributed by atoms with E-state index in [0.717, 1.165) is 45.3 Å². The van der Waals surface area contributed by atoms with Crippen LogP contribution in [-0.2, 0) is 4.79 Å². The smallest absolute Gasteiger partial charge is 0.220 e. The maximum atomic E-state index is 12.0. The first kappa shape index (κ1) is 20.0. The third-order valence-electron chi connectivity index (χ3n) is 4.57. The van der Waals surface area contributed by atoms with Gasteiger partial charge in [-0.15, -0.1) is 24.8 Å². The van der Waals surface area contributed by atoms with E-state index >= 15 is 0 Å². The molecule has 6 heteroatoms. The van der Waals surface area contributed by atoms with Gasteiger partial charge in [-0.2, -0.15) is 0 Å². The molecule has 120 valence electrons. The Labute approximate surface area is 135 Å². The first-order valence-electron chi connectivity index (χ1n) is 7.46. The molecule has 2 atom stereocenters. The molecule has 1 saturated heterocycles. The Balaban J connectivity index is 0.00000180. The molecule has 4 nitrogen and oxygen atoms in total. The first-order valence-corrected chi connectivity index (χ1v) is 7.46. The zero-order chi connectivity index (χ0) is 13.0. The fourth-order valence-electron chi connectivity index (χ4n) is 3.24. The lowest BCUT2D eigenvalue weighted by molar-refractivity contribution is -0.123. The topological polar surface area (TPSA) is 58.4 Å². The number of likely N-dealkylation sites (tertiary alicyclic amines) is 1. The van der Waals surface area contributed by atoms with Gasteiger partial charge in [-0.1, -0.05) is 13.3 Å². The standard InChI is InChI=1S/C14H27N3O.2ClH/c1-2-17-8-6-12(7-9-17)16-14(18)10-11-4-3-5-13(11)15;;/h11-13H,2-10,15H2,1H3,(H,16,18);2*1H/t11-,13+;;/m0../s1. The van der Waals surface area contributed by atoms with Crippen molar-refractivity contribution in [3.8, 4) is 0 Å². The van der Waals surface area contributed by atoms with Crippen molar-refractivity contribution in [2.75, 3.05) is 19.6 Å². The number of hydrogen-bond acceptors (Lipinski definition) is 3. The van der Waals surface area contributed by atoms with E-state index in [1.807, 2.05) is 0 Å². The Morgan fingerprint density at radius 1 is 1.20 bits per heavy atom. The molecule has 1 amide bonds. The lowest BCUT2D eigenvalue weighted by Gasteiger charge is -2.31. The predicted octanol–water partition coefficient (Wildman–Crippen LogP) is 1.95. The monoisotopic (exact) mass is 325 g/mol. The van der Waals surface area contributed by atoms with E-state index in [1.165, 1.54) is 6.42 Å². The number of nitrogens with one attached hydrogen (secondary N) is 1. The van der Waals surface area contributed by atoms with Crippen molar-refractivity contribution in [1.29, 1.82) is 0 Å². The summed E-state index contributed by atoms with van der Waals surface area (Å²) in [5.74, 6) is 0.632. The SMILES string of the molecule is CCN1CCC(NC(=O)C[C@@H]2CCC[C@H]2N)CC1.Cl.Cl. The van der Waals surface area contributed by atoms with Gasteiger partial charge in [0, 0.05) is 31.6 Å². The highest BCUT2D eigenvalue weighted by molar-refractivity contribution is 5.85. The minimum absolute atomic E-state index is 0. The van der Waals surface area contributed by atoms with Crippen LogP contribution in [0, 0.1) is 5.92 Å². The van der Waals surface area contributed by atoms with E-state index in [2.05, 4.69) is 17.1 Å². The molecule has 1 aliphatic heterocycles. The number of carbonyl (C=O) groups is 1. The summed E-state index contributed by atoms with van der Waals surface area (Å²) in [7, 11) is 0. The minimum Gasteiger partial charge on any atom is -0.353 e. The summed E-state index contributed by atoms with van der Waals surface area (Å²) < 4.78 is 0. The zero-order valence-electron chi connectivity index (χ0n) is 12.3. The van der Waals surface area contributed by atoms with Crippen LogP contribution in [0.15, 0.2) is 0 Å². The Hall–Kier alpha value is -0.0300. The number of piperidine rings is 1. The second kappa shape index (κ2) is 9.82. The van der Waals surface area contributed by atoms with E-state index < -0.39 is 0 Å². The van der Waals surface area contributed by atoms with Gasteiger partial charge in [0.15, 0.2) is 0 Å². The number of nitrogens with zero attached hydrogens (tertiary/aromatic N) is 1. The van der Waals surface area contributed by atoms with E-state index in [0.29, 0.717) is 18.4 Å². The van der Waals surface area contributed by atoms with Gasteiger partial charge in [0.2, 0.25) is 5.91 Å². The van der Waals surface area contributed by atoms with Crippen LogP contribution < -0.4 is 11.1 Å². The maximum absolute atomic E-state index is 12.0. The number of hydrogen-bond donors (Lipinski definition) is 2. The molecule has 0 aromatic carbocycles. The van der Waals surface area contributed by atoms with Crippen molar-refractivity contribution in [2.24, 2.45) is 11.7 Å². The fourth-order valence-corrected chi connectivity index (χ4v) is 3.24. The van der Waals surface area contributed by atoms with Gasteiger partial charge in [-0.25, -0.2) is 0 Å². The molecule has 0 spiro atoms.